The van der Waals surface area contributed by atoms with E-state index in [4.69, 9.17) is 4.42 Å². The molecule has 0 aliphatic rings. The molecule has 2 aromatic carbocycles. The number of carbonyl (C=O) groups is 1. The van der Waals surface area contributed by atoms with E-state index in [0.29, 0.717) is 11.5 Å². The maximum atomic E-state index is 12.4. The van der Waals surface area contributed by atoms with Gasteiger partial charge < -0.3 is 4.42 Å². The lowest BCUT2D eigenvalue weighted by Gasteiger charge is -2.03. The van der Waals surface area contributed by atoms with Crippen molar-refractivity contribution in [2.24, 2.45) is 0 Å². The number of hydrogen-bond donors (Lipinski definition) is 1. The first-order valence-corrected chi connectivity index (χ1v) is 7.34. The molecule has 0 saturated heterocycles. The minimum Gasteiger partial charge on any atom is -0.403 e. The fourth-order valence-electron chi connectivity index (χ4n) is 2.38. The number of amides is 1. The van der Waals surface area contributed by atoms with Crippen LogP contribution in [0.25, 0.3) is 22.2 Å². The molecule has 0 unspecified atom stereocenters. The maximum absolute atomic E-state index is 12.4. The first-order chi connectivity index (χ1) is 11.8. The van der Waals surface area contributed by atoms with E-state index in [0.717, 1.165) is 16.3 Å². The van der Waals surface area contributed by atoms with Crippen molar-refractivity contribution in [2.45, 2.75) is 0 Å². The fourth-order valence-corrected chi connectivity index (χ4v) is 2.38. The number of pyridine rings is 1. The monoisotopic (exact) mass is 316 g/mol. The molecule has 6 heteroatoms. The van der Waals surface area contributed by atoms with Crippen LogP contribution in [-0.2, 0) is 0 Å². The van der Waals surface area contributed by atoms with Crippen LogP contribution in [-0.4, -0.2) is 21.1 Å². The van der Waals surface area contributed by atoms with Gasteiger partial charge in [-0.1, -0.05) is 35.4 Å². The third-order valence-corrected chi connectivity index (χ3v) is 3.58. The number of aromatic nitrogens is 3. The normalized spacial score (nSPS) is 10.7. The molecule has 2 heterocycles. The van der Waals surface area contributed by atoms with Crippen molar-refractivity contribution < 1.29 is 9.21 Å². The lowest BCUT2D eigenvalue weighted by molar-refractivity contribution is 0.102. The quantitative estimate of drug-likeness (QED) is 0.625. The standard InChI is InChI=1S/C18H12N4O2/c23-16(15-6-5-12-3-1-2-4-14(12)11-15)20-18-22-21-17(24-18)13-7-9-19-10-8-13/h1-11H,(H,20,22,23). The predicted octanol–water partition coefficient (Wildman–Crippen LogP) is 3.54. The Labute approximate surface area is 137 Å². The molecule has 1 N–H and O–H groups in total. The van der Waals surface area contributed by atoms with Gasteiger partial charge in [0.2, 0.25) is 5.89 Å². The average molecular weight is 316 g/mol. The summed E-state index contributed by atoms with van der Waals surface area (Å²) in [5.41, 5.74) is 1.26. The zero-order valence-corrected chi connectivity index (χ0v) is 12.5. The Morgan fingerprint density at radius 3 is 2.54 bits per heavy atom. The Morgan fingerprint density at radius 2 is 1.71 bits per heavy atom. The maximum Gasteiger partial charge on any atom is 0.322 e. The predicted molar refractivity (Wildman–Crippen MR) is 89.4 cm³/mol. The van der Waals surface area contributed by atoms with Gasteiger partial charge >= 0.3 is 6.01 Å². The molecule has 4 rings (SSSR count). The summed E-state index contributed by atoms with van der Waals surface area (Å²) in [7, 11) is 0. The number of nitrogens with zero attached hydrogens (tertiary/aromatic N) is 3. The molecule has 24 heavy (non-hydrogen) atoms. The van der Waals surface area contributed by atoms with Gasteiger partial charge in [0.25, 0.3) is 5.91 Å². The second-order valence-electron chi connectivity index (χ2n) is 5.16. The second kappa shape index (κ2) is 5.92. The third-order valence-electron chi connectivity index (χ3n) is 3.58. The van der Waals surface area contributed by atoms with Crippen LogP contribution in [0.1, 0.15) is 10.4 Å². The summed E-state index contributed by atoms with van der Waals surface area (Å²) >= 11 is 0. The summed E-state index contributed by atoms with van der Waals surface area (Å²) in [6, 6.07) is 16.9. The smallest absolute Gasteiger partial charge is 0.322 e. The summed E-state index contributed by atoms with van der Waals surface area (Å²) in [5, 5.41) is 12.5. The summed E-state index contributed by atoms with van der Waals surface area (Å²) in [5.74, 6) is 0.0249. The number of benzene rings is 2. The Kier molecular flexibility index (Phi) is 3.47. The second-order valence-corrected chi connectivity index (χ2v) is 5.16. The van der Waals surface area contributed by atoms with Gasteiger partial charge in [-0.25, -0.2) is 0 Å². The number of hydrogen-bond acceptors (Lipinski definition) is 5. The first kappa shape index (κ1) is 14.1. The van der Waals surface area contributed by atoms with Gasteiger partial charge in [-0.3, -0.25) is 15.1 Å². The van der Waals surface area contributed by atoms with Crippen LogP contribution in [0.3, 0.4) is 0 Å². The molecule has 6 nitrogen and oxygen atoms in total. The van der Waals surface area contributed by atoms with E-state index >= 15 is 0 Å². The van der Waals surface area contributed by atoms with Crippen molar-refractivity contribution in [1.29, 1.82) is 0 Å². The van der Waals surface area contributed by atoms with E-state index in [1.54, 1.807) is 30.6 Å². The minimum atomic E-state index is -0.300. The van der Waals surface area contributed by atoms with Crippen molar-refractivity contribution in [3.8, 4) is 11.5 Å². The number of carbonyl (C=O) groups excluding carboxylic acids is 1. The van der Waals surface area contributed by atoms with Crippen molar-refractivity contribution in [2.75, 3.05) is 5.32 Å². The number of fused-ring (bicyclic) bond motifs is 1. The lowest BCUT2D eigenvalue weighted by Crippen LogP contribution is -2.12. The third kappa shape index (κ3) is 2.72. The molecular weight excluding hydrogens is 304 g/mol. The summed E-state index contributed by atoms with van der Waals surface area (Å²) < 4.78 is 5.47. The summed E-state index contributed by atoms with van der Waals surface area (Å²) in [4.78, 5) is 16.3. The Bertz CT molecular complexity index is 1010. The lowest BCUT2D eigenvalue weighted by atomic mass is 10.1. The number of rotatable bonds is 3. The Balaban J connectivity index is 1.56. The highest BCUT2D eigenvalue weighted by molar-refractivity contribution is 6.05. The molecule has 0 atom stereocenters. The minimum absolute atomic E-state index is 0.0555. The van der Waals surface area contributed by atoms with Gasteiger partial charge in [0.1, 0.15) is 0 Å². The van der Waals surface area contributed by atoms with Gasteiger partial charge in [0, 0.05) is 23.5 Å². The molecule has 0 aliphatic carbocycles. The van der Waals surface area contributed by atoms with Gasteiger partial charge in [-0.2, -0.15) is 0 Å². The first-order valence-electron chi connectivity index (χ1n) is 7.34. The van der Waals surface area contributed by atoms with E-state index in [1.807, 2.05) is 36.4 Å². The van der Waals surface area contributed by atoms with E-state index < -0.39 is 0 Å². The van der Waals surface area contributed by atoms with Crippen molar-refractivity contribution in [3.05, 3.63) is 72.6 Å². The van der Waals surface area contributed by atoms with Crippen LogP contribution in [0.2, 0.25) is 0 Å². The van der Waals surface area contributed by atoms with Gasteiger partial charge in [-0.15, -0.1) is 5.10 Å². The number of nitrogens with one attached hydrogen (secondary N) is 1. The molecule has 0 radical (unpaired) electrons. The van der Waals surface area contributed by atoms with Crippen LogP contribution in [0, 0.1) is 0 Å². The van der Waals surface area contributed by atoms with Gasteiger partial charge in [-0.05, 0) is 35.0 Å². The fraction of sp³-hybridized carbons (Fsp3) is 0. The molecule has 0 fully saturated rings. The van der Waals surface area contributed by atoms with Gasteiger partial charge in [0.05, 0.1) is 0 Å². The van der Waals surface area contributed by atoms with Gasteiger partial charge in [0.15, 0.2) is 0 Å². The molecule has 0 bridgehead atoms. The average Bonchev–Trinajstić information content (AvgIpc) is 3.10. The topological polar surface area (TPSA) is 80.9 Å². The zero-order chi connectivity index (χ0) is 16.4. The Hall–Kier alpha value is -3.54. The largest absolute Gasteiger partial charge is 0.403 e. The van der Waals surface area contributed by atoms with Crippen molar-refractivity contribution in [1.82, 2.24) is 15.2 Å². The van der Waals surface area contributed by atoms with E-state index in [9.17, 15) is 4.79 Å². The van der Waals surface area contributed by atoms with Crippen LogP contribution in [0.5, 0.6) is 0 Å². The zero-order valence-electron chi connectivity index (χ0n) is 12.5. The summed E-state index contributed by atoms with van der Waals surface area (Å²) in [6.45, 7) is 0. The molecule has 0 saturated carbocycles. The van der Waals surface area contributed by atoms with E-state index in [2.05, 4.69) is 20.5 Å². The molecule has 1 amide bonds. The molecule has 0 spiro atoms. The van der Waals surface area contributed by atoms with Crippen LogP contribution < -0.4 is 5.32 Å². The van der Waals surface area contributed by atoms with Crippen molar-refractivity contribution in [3.63, 3.8) is 0 Å². The SMILES string of the molecule is O=C(Nc1nnc(-c2ccncc2)o1)c1ccc2ccccc2c1. The molecular formula is C18H12N4O2. The van der Waals surface area contributed by atoms with E-state index in [-0.39, 0.29) is 11.9 Å². The highest BCUT2D eigenvalue weighted by Gasteiger charge is 2.13. The number of anilines is 1. The van der Waals surface area contributed by atoms with Crippen LogP contribution >= 0.6 is 0 Å². The highest BCUT2D eigenvalue weighted by Crippen LogP contribution is 2.20. The molecule has 4 aromatic rings. The Morgan fingerprint density at radius 1 is 0.917 bits per heavy atom. The molecule has 2 aromatic heterocycles. The molecule has 116 valence electrons. The van der Waals surface area contributed by atoms with E-state index in [1.165, 1.54) is 0 Å². The summed E-state index contributed by atoms with van der Waals surface area (Å²) in [6.07, 6.45) is 3.26. The van der Waals surface area contributed by atoms with Crippen LogP contribution in [0.15, 0.2) is 71.4 Å². The molecule has 0 aliphatic heterocycles. The highest BCUT2D eigenvalue weighted by atomic mass is 16.4. The van der Waals surface area contributed by atoms with Crippen LogP contribution in [0.4, 0.5) is 6.01 Å². The van der Waals surface area contributed by atoms with Crippen molar-refractivity contribution >= 4 is 22.7 Å².